The van der Waals surface area contributed by atoms with Gasteiger partial charge in [-0.25, -0.2) is 13.2 Å². The van der Waals surface area contributed by atoms with Gasteiger partial charge in [0.1, 0.15) is 4.21 Å². The Labute approximate surface area is 145 Å². The third-order valence-corrected chi connectivity index (χ3v) is 8.11. The molecule has 3 rings (SSSR count). The topological polar surface area (TPSA) is 95.9 Å². The van der Waals surface area contributed by atoms with Gasteiger partial charge in [-0.2, -0.15) is 4.31 Å². The number of carboxylic acid groups (broad SMARTS) is 1. The fraction of sp³-hybridized carbons (Fsp3) is 0.667. The summed E-state index contributed by atoms with van der Waals surface area (Å²) in [6.45, 7) is 4.48. The van der Waals surface area contributed by atoms with Crippen molar-refractivity contribution in [2.24, 2.45) is 0 Å². The number of carbonyl (C=O) groups is 1. The van der Waals surface area contributed by atoms with Crippen LogP contribution in [0, 0.1) is 0 Å². The Bertz CT molecular complexity index is 720. The van der Waals surface area contributed by atoms with Crippen LogP contribution >= 0.6 is 11.3 Å². The summed E-state index contributed by atoms with van der Waals surface area (Å²) in [6, 6.07) is 0. The average Bonchev–Trinajstić information content (AvgIpc) is 2.96. The molecule has 2 N–H and O–H groups in total. The standard InChI is InChI=1S/C15H22N2O5S2/c1-2-22-10-4-7-17(8-5-10)24(20,21)15-13(14(18)19)11-3-6-16-9-12(11)23-15/h10,16H,2-9H2,1H3,(H,18,19). The maximum Gasteiger partial charge on any atom is 0.338 e. The number of aromatic carboxylic acids is 1. The van der Waals surface area contributed by atoms with Crippen LogP contribution in [-0.2, 0) is 27.7 Å². The maximum absolute atomic E-state index is 13.0. The molecule has 1 saturated heterocycles. The zero-order chi connectivity index (χ0) is 17.3. The Balaban J connectivity index is 1.90. The summed E-state index contributed by atoms with van der Waals surface area (Å²) in [5, 5.41) is 12.7. The predicted molar refractivity (Wildman–Crippen MR) is 90.1 cm³/mol. The number of nitrogens with one attached hydrogen (secondary N) is 1. The van der Waals surface area contributed by atoms with Gasteiger partial charge in [-0.15, -0.1) is 11.3 Å². The van der Waals surface area contributed by atoms with Crippen LogP contribution in [0.25, 0.3) is 0 Å². The summed E-state index contributed by atoms with van der Waals surface area (Å²) in [4.78, 5) is 12.5. The highest BCUT2D eigenvalue weighted by molar-refractivity contribution is 7.91. The smallest absolute Gasteiger partial charge is 0.338 e. The molecule has 2 aliphatic rings. The van der Waals surface area contributed by atoms with Crippen LogP contribution in [0.1, 0.15) is 40.6 Å². The van der Waals surface area contributed by atoms with Crippen molar-refractivity contribution in [3.8, 4) is 0 Å². The molecule has 0 radical (unpaired) electrons. The van der Waals surface area contributed by atoms with Crippen molar-refractivity contribution in [1.82, 2.24) is 9.62 Å². The molecule has 2 aliphatic heterocycles. The van der Waals surface area contributed by atoms with Gasteiger partial charge in [-0.3, -0.25) is 0 Å². The lowest BCUT2D eigenvalue weighted by molar-refractivity contribution is 0.0290. The minimum atomic E-state index is -3.78. The number of nitrogens with zero attached hydrogens (tertiary/aromatic N) is 1. The molecule has 1 fully saturated rings. The molecule has 3 heterocycles. The molecule has 0 aliphatic carbocycles. The number of hydrogen-bond donors (Lipinski definition) is 2. The second-order valence-corrected chi connectivity index (χ2v) is 9.20. The van der Waals surface area contributed by atoms with E-state index in [1.165, 1.54) is 4.31 Å². The lowest BCUT2D eigenvalue weighted by Gasteiger charge is -2.30. The molecule has 1 aromatic rings. The lowest BCUT2D eigenvalue weighted by atomic mass is 10.1. The van der Waals surface area contributed by atoms with E-state index < -0.39 is 16.0 Å². The first-order valence-corrected chi connectivity index (χ1v) is 10.4. The zero-order valence-electron chi connectivity index (χ0n) is 13.6. The van der Waals surface area contributed by atoms with Crippen molar-refractivity contribution < 1.29 is 23.1 Å². The molecule has 0 spiro atoms. The summed E-state index contributed by atoms with van der Waals surface area (Å²) in [6.07, 6.45) is 1.92. The second kappa shape index (κ2) is 7.09. The van der Waals surface area contributed by atoms with Crippen LogP contribution < -0.4 is 5.32 Å². The van der Waals surface area contributed by atoms with Gasteiger partial charge in [0.05, 0.1) is 11.7 Å². The molecule has 134 valence electrons. The van der Waals surface area contributed by atoms with Crippen molar-refractivity contribution in [3.63, 3.8) is 0 Å². The quantitative estimate of drug-likeness (QED) is 0.806. The average molecular weight is 374 g/mol. The van der Waals surface area contributed by atoms with Gasteiger partial charge >= 0.3 is 5.97 Å². The van der Waals surface area contributed by atoms with E-state index in [0.717, 1.165) is 16.2 Å². The predicted octanol–water partition coefficient (Wildman–Crippen LogP) is 1.28. The van der Waals surface area contributed by atoms with Gasteiger partial charge in [0.2, 0.25) is 0 Å². The lowest BCUT2D eigenvalue weighted by Crippen LogP contribution is -2.41. The molecule has 1 aromatic heterocycles. The first kappa shape index (κ1) is 17.8. The molecule has 9 heteroatoms. The summed E-state index contributed by atoms with van der Waals surface area (Å²) in [5.74, 6) is -1.16. The van der Waals surface area contributed by atoms with E-state index in [1.54, 1.807) is 0 Å². The summed E-state index contributed by atoms with van der Waals surface area (Å²) in [7, 11) is -3.78. The van der Waals surface area contributed by atoms with Crippen LogP contribution in [0.15, 0.2) is 4.21 Å². The molecule has 7 nitrogen and oxygen atoms in total. The fourth-order valence-electron chi connectivity index (χ4n) is 3.30. The third-order valence-electron chi connectivity index (χ3n) is 4.49. The molecule has 0 atom stereocenters. The molecular weight excluding hydrogens is 352 g/mol. The van der Waals surface area contributed by atoms with Crippen molar-refractivity contribution in [2.75, 3.05) is 26.2 Å². The summed E-state index contributed by atoms with van der Waals surface area (Å²) < 4.78 is 33.0. The molecule has 0 saturated carbocycles. The normalized spacial score (nSPS) is 20.0. The Kier molecular flexibility index (Phi) is 5.26. The Morgan fingerprint density at radius 3 is 2.75 bits per heavy atom. The zero-order valence-corrected chi connectivity index (χ0v) is 15.2. The number of piperidine rings is 1. The van der Waals surface area contributed by atoms with Gasteiger partial charge in [0, 0.05) is 31.1 Å². The van der Waals surface area contributed by atoms with Crippen molar-refractivity contribution in [3.05, 3.63) is 16.0 Å². The van der Waals surface area contributed by atoms with E-state index in [4.69, 9.17) is 4.74 Å². The first-order chi connectivity index (χ1) is 11.4. The SMILES string of the molecule is CCOC1CCN(S(=O)(=O)c2sc3c(c2C(=O)O)CCNC3)CC1. The van der Waals surface area contributed by atoms with E-state index in [-0.39, 0.29) is 15.9 Å². The summed E-state index contributed by atoms with van der Waals surface area (Å²) in [5.41, 5.74) is 0.650. The van der Waals surface area contributed by atoms with Gasteiger partial charge in [-0.1, -0.05) is 0 Å². The fourth-order valence-corrected chi connectivity index (χ4v) is 6.77. The molecule has 0 aromatic carbocycles. The van der Waals surface area contributed by atoms with Crippen LogP contribution in [-0.4, -0.2) is 56.1 Å². The van der Waals surface area contributed by atoms with Crippen molar-refractivity contribution >= 4 is 27.3 Å². The number of ether oxygens (including phenoxy) is 1. The highest BCUT2D eigenvalue weighted by atomic mass is 32.2. The van der Waals surface area contributed by atoms with E-state index >= 15 is 0 Å². The molecule has 0 bridgehead atoms. The first-order valence-electron chi connectivity index (χ1n) is 8.15. The molecule has 0 amide bonds. The number of carboxylic acids is 1. The minimum absolute atomic E-state index is 0.0152. The molecule has 24 heavy (non-hydrogen) atoms. The molecule has 0 unspecified atom stereocenters. The minimum Gasteiger partial charge on any atom is -0.478 e. The Morgan fingerprint density at radius 1 is 1.42 bits per heavy atom. The van der Waals surface area contributed by atoms with Crippen LogP contribution in [0.3, 0.4) is 0 Å². The highest BCUT2D eigenvalue weighted by Crippen LogP contribution is 2.36. The van der Waals surface area contributed by atoms with Gasteiger partial charge < -0.3 is 15.2 Å². The van der Waals surface area contributed by atoms with Crippen LogP contribution in [0.4, 0.5) is 0 Å². The van der Waals surface area contributed by atoms with E-state index in [2.05, 4.69) is 5.32 Å². The Hall–Kier alpha value is -1.00. The number of thiophene rings is 1. The largest absolute Gasteiger partial charge is 0.478 e. The van der Waals surface area contributed by atoms with Crippen molar-refractivity contribution in [2.45, 2.75) is 43.0 Å². The van der Waals surface area contributed by atoms with E-state index in [1.807, 2.05) is 6.92 Å². The second-order valence-electron chi connectivity index (χ2n) is 5.96. The highest BCUT2D eigenvalue weighted by Gasteiger charge is 2.37. The Morgan fingerprint density at radius 2 is 2.12 bits per heavy atom. The van der Waals surface area contributed by atoms with E-state index in [9.17, 15) is 18.3 Å². The van der Waals surface area contributed by atoms with Gasteiger partial charge in [0.25, 0.3) is 10.0 Å². The summed E-state index contributed by atoms with van der Waals surface area (Å²) >= 11 is 1.10. The number of fused-ring (bicyclic) bond motifs is 1. The van der Waals surface area contributed by atoms with E-state index in [0.29, 0.717) is 57.6 Å². The maximum atomic E-state index is 13.0. The van der Waals surface area contributed by atoms with Crippen LogP contribution in [0.2, 0.25) is 0 Å². The number of hydrogen-bond acceptors (Lipinski definition) is 6. The monoisotopic (exact) mass is 374 g/mol. The molecular formula is C15H22N2O5S2. The number of rotatable bonds is 5. The van der Waals surface area contributed by atoms with Gasteiger partial charge in [-0.05, 0) is 38.3 Å². The van der Waals surface area contributed by atoms with Crippen molar-refractivity contribution in [1.29, 1.82) is 0 Å². The van der Waals surface area contributed by atoms with Crippen LogP contribution in [0.5, 0.6) is 0 Å². The van der Waals surface area contributed by atoms with Gasteiger partial charge in [0.15, 0.2) is 0 Å². The third kappa shape index (κ3) is 3.23. The number of sulfonamides is 1.